The molecule has 0 aromatic carbocycles. The molecule has 0 bridgehead atoms. The lowest BCUT2D eigenvalue weighted by atomic mass is 9.75. The van der Waals surface area contributed by atoms with Crippen LogP contribution in [0.1, 0.15) is 53.4 Å². The summed E-state index contributed by atoms with van der Waals surface area (Å²) in [6, 6.07) is 0. The van der Waals surface area contributed by atoms with Gasteiger partial charge in [0.05, 0.1) is 0 Å². The summed E-state index contributed by atoms with van der Waals surface area (Å²) in [6.07, 6.45) is 5.34. The zero-order valence-electron chi connectivity index (χ0n) is 12.4. The van der Waals surface area contributed by atoms with E-state index >= 15 is 0 Å². The average molecular weight is 240 g/mol. The van der Waals surface area contributed by atoms with Crippen molar-refractivity contribution in [1.82, 2.24) is 10.2 Å². The Kier molecular flexibility index (Phi) is 6.50. The maximum absolute atomic E-state index is 3.48. The van der Waals surface area contributed by atoms with E-state index in [-0.39, 0.29) is 0 Å². The van der Waals surface area contributed by atoms with Crippen LogP contribution in [0.4, 0.5) is 0 Å². The van der Waals surface area contributed by atoms with Crippen LogP contribution in [0, 0.1) is 11.3 Å². The van der Waals surface area contributed by atoms with Gasteiger partial charge in [-0.2, -0.15) is 0 Å². The maximum atomic E-state index is 3.48. The first-order chi connectivity index (χ1) is 8.04. The Morgan fingerprint density at radius 1 is 1.12 bits per heavy atom. The molecular formula is C15H32N2. The number of nitrogens with one attached hydrogen (secondary N) is 1. The van der Waals surface area contributed by atoms with E-state index in [4.69, 9.17) is 0 Å². The maximum Gasteiger partial charge on any atom is -0.000664 e. The Balaban J connectivity index is 2.07. The van der Waals surface area contributed by atoms with Gasteiger partial charge in [-0.1, -0.05) is 27.7 Å². The predicted molar refractivity (Wildman–Crippen MR) is 76.4 cm³/mol. The molecule has 1 aliphatic heterocycles. The van der Waals surface area contributed by atoms with Crippen molar-refractivity contribution in [3.63, 3.8) is 0 Å². The molecule has 0 aromatic rings. The fourth-order valence-electron chi connectivity index (χ4n) is 2.75. The minimum atomic E-state index is 0.509. The van der Waals surface area contributed by atoms with Crippen LogP contribution in [-0.2, 0) is 0 Å². The Labute approximate surface area is 108 Å². The van der Waals surface area contributed by atoms with E-state index in [0.29, 0.717) is 5.41 Å². The molecule has 0 amide bonds. The number of hydrogen-bond acceptors (Lipinski definition) is 2. The molecule has 0 saturated carbocycles. The van der Waals surface area contributed by atoms with Crippen molar-refractivity contribution in [2.75, 3.05) is 32.7 Å². The first-order valence-corrected chi connectivity index (χ1v) is 7.47. The SMILES string of the molecule is CCCNCCCN1CCC(C(C)(C)C)CC1. The highest BCUT2D eigenvalue weighted by Crippen LogP contribution is 2.34. The molecule has 0 aromatic heterocycles. The van der Waals surface area contributed by atoms with Crippen LogP contribution >= 0.6 is 0 Å². The molecule has 1 saturated heterocycles. The molecular weight excluding hydrogens is 208 g/mol. The topological polar surface area (TPSA) is 15.3 Å². The highest BCUT2D eigenvalue weighted by atomic mass is 15.1. The van der Waals surface area contributed by atoms with Gasteiger partial charge in [-0.3, -0.25) is 0 Å². The third kappa shape index (κ3) is 5.87. The molecule has 17 heavy (non-hydrogen) atoms. The Hall–Kier alpha value is -0.0800. The third-order valence-corrected chi connectivity index (χ3v) is 4.07. The molecule has 0 spiro atoms. The Morgan fingerprint density at radius 2 is 1.76 bits per heavy atom. The molecule has 0 unspecified atom stereocenters. The summed E-state index contributed by atoms with van der Waals surface area (Å²) in [4.78, 5) is 2.65. The summed E-state index contributed by atoms with van der Waals surface area (Å²) in [5, 5.41) is 3.48. The predicted octanol–water partition coefficient (Wildman–Crippen LogP) is 3.13. The van der Waals surface area contributed by atoms with Crippen LogP contribution < -0.4 is 5.32 Å². The van der Waals surface area contributed by atoms with Gasteiger partial charge in [-0.05, 0) is 69.7 Å². The summed E-state index contributed by atoms with van der Waals surface area (Å²) >= 11 is 0. The highest BCUT2D eigenvalue weighted by molar-refractivity contribution is 4.80. The second kappa shape index (κ2) is 7.38. The van der Waals surface area contributed by atoms with Gasteiger partial charge in [0, 0.05) is 0 Å². The minimum Gasteiger partial charge on any atom is -0.317 e. The summed E-state index contributed by atoms with van der Waals surface area (Å²) in [6.45, 7) is 15.7. The van der Waals surface area contributed by atoms with Gasteiger partial charge in [0.25, 0.3) is 0 Å². The minimum absolute atomic E-state index is 0.509. The van der Waals surface area contributed by atoms with Crippen molar-refractivity contribution in [2.24, 2.45) is 11.3 Å². The fourth-order valence-corrected chi connectivity index (χ4v) is 2.75. The van der Waals surface area contributed by atoms with E-state index in [1.807, 2.05) is 0 Å². The number of rotatable bonds is 6. The molecule has 1 aliphatic rings. The second-order valence-electron chi connectivity index (χ2n) is 6.59. The number of hydrogen-bond donors (Lipinski definition) is 1. The molecule has 0 aliphatic carbocycles. The Morgan fingerprint density at radius 3 is 2.29 bits per heavy atom. The molecule has 1 fully saturated rings. The van der Waals surface area contributed by atoms with E-state index in [2.05, 4.69) is 37.9 Å². The fraction of sp³-hybridized carbons (Fsp3) is 1.00. The summed E-state index contributed by atoms with van der Waals surface area (Å²) in [5.41, 5.74) is 0.509. The lowest BCUT2D eigenvalue weighted by Crippen LogP contribution is -2.39. The summed E-state index contributed by atoms with van der Waals surface area (Å²) in [7, 11) is 0. The van der Waals surface area contributed by atoms with Gasteiger partial charge in [0.15, 0.2) is 0 Å². The smallest absolute Gasteiger partial charge is 0.000664 e. The molecule has 1 heterocycles. The molecule has 0 atom stereocenters. The van der Waals surface area contributed by atoms with E-state index in [1.54, 1.807) is 0 Å². The standard InChI is InChI=1S/C15H32N2/c1-5-9-16-10-6-11-17-12-7-14(8-13-17)15(2,3)4/h14,16H,5-13H2,1-4H3. The van der Waals surface area contributed by atoms with Gasteiger partial charge in [-0.25, -0.2) is 0 Å². The van der Waals surface area contributed by atoms with Gasteiger partial charge < -0.3 is 10.2 Å². The summed E-state index contributed by atoms with van der Waals surface area (Å²) < 4.78 is 0. The molecule has 2 nitrogen and oxygen atoms in total. The van der Waals surface area contributed by atoms with Crippen molar-refractivity contribution in [3.05, 3.63) is 0 Å². The highest BCUT2D eigenvalue weighted by Gasteiger charge is 2.28. The molecule has 1 rings (SSSR count). The van der Waals surface area contributed by atoms with Crippen molar-refractivity contribution < 1.29 is 0 Å². The van der Waals surface area contributed by atoms with Crippen molar-refractivity contribution >= 4 is 0 Å². The number of likely N-dealkylation sites (tertiary alicyclic amines) is 1. The van der Waals surface area contributed by atoms with Crippen LogP contribution in [0.5, 0.6) is 0 Å². The van der Waals surface area contributed by atoms with Crippen LogP contribution in [0.25, 0.3) is 0 Å². The number of piperidine rings is 1. The second-order valence-corrected chi connectivity index (χ2v) is 6.59. The monoisotopic (exact) mass is 240 g/mol. The zero-order valence-corrected chi connectivity index (χ0v) is 12.4. The van der Waals surface area contributed by atoms with Crippen molar-refractivity contribution in [2.45, 2.75) is 53.4 Å². The van der Waals surface area contributed by atoms with Crippen LogP contribution in [0.2, 0.25) is 0 Å². The molecule has 0 radical (unpaired) electrons. The molecule has 1 N–H and O–H groups in total. The van der Waals surface area contributed by atoms with Gasteiger partial charge in [-0.15, -0.1) is 0 Å². The average Bonchev–Trinajstić information content (AvgIpc) is 2.28. The first-order valence-electron chi connectivity index (χ1n) is 7.47. The quantitative estimate of drug-likeness (QED) is 0.718. The largest absolute Gasteiger partial charge is 0.317 e. The van der Waals surface area contributed by atoms with Crippen LogP contribution in [0.3, 0.4) is 0 Å². The normalized spacial score (nSPS) is 19.8. The van der Waals surface area contributed by atoms with Crippen molar-refractivity contribution in [1.29, 1.82) is 0 Å². The van der Waals surface area contributed by atoms with E-state index in [1.165, 1.54) is 58.4 Å². The van der Waals surface area contributed by atoms with Crippen LogP contribution in [0.15, 0.2) is 0 Å². The molecule has 2 heteroatoms. The van der Waals surface area contributed by atoms with Crippen molar-refractivity contribution in [3.8, 4) is 0 Å². The summed E-state index contributed by atoms with van der Waals surface area (Å²) in [5.74, 6) is 0.928. The Bertz CT molecular complexity index is 188. The number of nitrogens with zero attached hydrogens (tertiary/aromatic N) is 1. The van der Waals surface area contributed by atoms with E-state index < -0.39 is 0 Å². The van der Waals surface area contributed by atoms with E-state index in [9.17, 15) is 0 Å². The zero-order chi connectivity index (χ0) is 12.7. The lowest BCUT2D eigenvalue weighted by Gasteiger charge is -2.38. The van der Waals surface area contributed by atoms with Crippen LogP contribution in [-0.4, -0.2) is 37.6 Å². The van der Waals surface area contributed by atoms with E-state index in [0.717, 1.165) is 5.92 Å². The van der Waals surface area contributed by atoms with Gasteiger partial charge >= 0.3 is 0 Å². The molecule has 102 valence electrons. The lowest BCUT2D eigenvalue weighted by molar-refractivity contribution is 0.111. The van der Waals surface area contributed by atoms with Gasteiger partial charge in [0.2, 0.25) is 0 Å². The third-order valence-electron chi connectivity index (χ3n) is 4.07. The first kappa shape index (κ1) is 15.0. The van der Waals surface area contributed by atoms with Gasteiger partial charge in [0.1, 0.15) is 0 Å².